The van der Waals surface area contributed by atoms with Gasteiger partial charge in [0.05, 0.1) is 7.11 Å². The summed E-state index contributed by atoms with van der Waals surface area (Å²) in [6.45, 7) is -0.276. The minimum absolute atomic E-state index is 0.0357. The van der Waals surface area contributed by atoms with Gasteiger partial charge in [-0.3, -0.25) is 0 Å². The number of hydrogen-bond acceptors (Lipinski definition) is 4. The lowest BCUT2D eigenvalue weighted by atomic mass is 10.1. The van der Waals surface area contributed by atoms with Gasteiger partial charge >= 0.3 is 6.61 Å². The van der Waals surface area contributed by atoms with Gasteiger partial charge in [-0.15, -0.1) is 0 Å². The minimum Gasteiger partial charge on any atom is -0.508 e. The summed E-state index contributed by atoms with van der Waals surface area (Å²) in [5, 5.41) is 12.6. The van der Waals surface area contributed by atoms with Gasteiger partial charge in [-0.2, -0.15) is 8.78 Å². The second-order valence-corrected chi connectivity index (χ2v) is 5.85. The fraction of sp³-hybridized carbons (Fsp3) is 0.368. The Bertz CT molecular complexity index is 662. The molecule has 2 aromatic rings. The Balaban J connectivity index is 1.86. The van der Waals surface area contributed by atoms with Crippen LogP contribution in [0.25, 0.3) is 0 Å². The SMILES string of the molecule is COc1ccc(CNC(C)CCc2ccc(O)cc2)cc1OC(F)F. The fourth-order valence-corrected chi connectivity index (χ4v) is 2.46. The van der Waals surface area contributed by atoms with Crippen molar-refractivity contribution in [2.24, 2.45) is 0 Å². The van der Waals surface area contributed by atoms with Crippen molar-refractivity contribution >= 4 is 0 Å². The lowest BCUT2D eigenvalue weighted by Crippen LogP contribution is -2.26. The summed E-state index contributed by atoms with van der Waals surface area (Å²) < 4.78 is 34.4. The van der Waals surface area contributed by atoms with E-state index in [1.807, 2.05) is 18.2 Å². The molecule has 25 heavy (non-hydrogen) atoms. The highest BCUT2D eigenvalue weighted by atomic mass is 19.3. The lowest BCUT2D eigenvalue weighted by Gasteiger charge is -2.15. The van der Waals surface area contributed by atoms with Gasteiger partial charge in [-0.05, 0) is 55.2 Å². The number of aromatic hydroxyl groups is 1. The standard InChI is InChI=1S/C19H23F2NO3/c1-13(3-4-14-5-8-16(23)9-6-14)22-12-15-7-10-17(24-2)18(11-15)25-19(20)21/h5-11,13,19,22-23H,3-4,12H2,1-2H3. The molecule has 0 spiro atoms. The van der Waals surface area contributed by atoms with Crippen LogP contribution in [0.15, 0.2) is 42.5 Å². The Hall–Kier alpha value is -2.34. The number of benzene rings is 2. The maximum absolute atomic E-state index is 12.5. The van der Waals surface area contributed by atoms with E-state index >= 15 is 0 Å². The number of ether oxygens (including phenoxy) is 2. The molecule has 0 saturated carbocycles. The molecule has 0 aliphatic carbocycles. The second-order valence-electron chi connectivity index (χ2n) is 5.85. The molecule has 0 radical (unpaired) electrons. The summed E-state index contributed by atoms with van der Waals surface area (Å²) >= 11 is 0. The van der Waals surface area contributed by atoms with Crippen molar-refractivity contribution in [1.82, 2.24) is 5.32 Å². The van der Waals surface area contributed by atoms with Crippen molar-refractivity contribution in [2.75, 3.05) is 7.11 Å². The van der Waals surface area contributed by atoms with Gasteiger partial charge in [0, 0.05) is 12.6 Å². The Morgan fingerprint density at radius 1 is 1.04 bits per heavy atom. The van der Waals surface area contributed by atoms with Crippen molar-refractivity contribution < 1.29 is 23.4 Å². The Morgan fingerprint density at radius 2 is 1.72 bits per heavy atom. The molecular weight excluding hydrogens is 328 g/mol. The van der Waals surface area contributed by atoms with Crippen molar-refractivity contribution in [3.63, 3.8) is 0 Å². The highest BCUT2D eigenvalue weighted by molar-refractivity contribution is 5.43. The van der Waals surface area contributed by atoms with Gasteiger partial charge in [0.1, 0.15) is 5.75 Å². The topological polar surface area (TPSA) is 50.7 Å². The van der Waals surface area contributed by atoms with Crippen LogP contribution in [-0.4, -0.2) is 24.9 Å². The van der Waals surface area contributed by atoms with E-state index in [9.17, 15) is 13.9 Å². The van der Waals surface area contributed by atoms with Crippen LogP contribution >= 0.6 is 0 Å². The summed E-state index contributed by atoms with van der Waals surface area (Å²) in [6.07, 6.45) is 1.80. The first kappa shape index (κ1) is 19.0. The highest BCUT2D eigenvalue weighted by Crippen LogP contribution is 2.29. The summed E-state index contributed by atoms with van der Waals surface area (Å²) in [7, 11) is 1.41. The van der Waals surface area contributed by atoms with Crippen LogP contribution in [0, 0.1) is 0 Å². The molecule has 4 nitrogen and oxygen atoms in total. The zero-order valence-electron chi connectivity index (χ0n) is 14.3. The monoisotopic (exact) mass is 351 g/mol. The first-order chi connectivity index (χ1) is 12.0. The zero-order valence-corrected chi connectivity index (χ0v) is 14.3. The molecule has 0 amide bonds. The Morgan fingerprint density at radius 3 is 2.36 bits per heavy atom. The molecule has 6 heteroatoms. The fourth-order valence-electron chi connectivity index (χ4n) is 2.46. The van der Waals surface area contributed by atoms with Gasteiger partial charge in [0.15, 0.2) is 11.5 Å². The van der Waals surface area contributed by atoms with Crippen LogP contribution in [0.2, 0.25) is 0 Å². The van der Waals surface area contributed by atoms with Crippen LogP contribution < -0.4 is 14.8 Å². The predicted octanol–water partition coefficient (Wildman–Crippen LogP) is 4.11. The van der Waals surface area contributed by atoms with E-state index in [0.717, 1.165) is 24.0 Å². The van der Waals surface area contributed by atoms with Gasteiger partial charge < -0.3 is 19.9 Å². The molecular formula is C19H23F2NO3. The number of rotatable bonds is 9. The number of alkyl halides is 2. The van der Waals surface area contributed by atoms with E-state index in [1.54, 1.807) is 24.3 Å². The van der Waals surface area contributed by atoms with E-state index in [-0.39, 0.29) is 23.3 Å². The van der Waals surface area contributed by atoms with Crippen LogP contribution in [0.3, 0.4) is 0 Å². The molecule has 1 unspecified atom stereocenters. The zero-order chi connectivity index (χ0) is 18.2. The predicted molar refractivity (Wildman–Crippen MR) is 92.4 cm³/mol. The number of methoxy groups -OCH3 is 1. The molecule has 0 bridgehead atoms. The Kier molecular flexibility index (Phi) is 7.01. The van der Waals surface area contributed by atoms with Crippen LogP contribution in [0.4, 0.5) is 8.78 Å². The molecule has 2 N–H and O–H groups in total. The van der Waals surface area contributed by atoms with Crippen LogP contribution in [-0.2, 0) is 13.0 Å². The second kappa shape index (κ2) is 9.22. The summed E-state index contributed by atoms with van der Waals surface area (Å²) in [5.74, 6) is 0.578. The number of halogens is 2. The number of hydrogen-bond donors (Lipinski definition) is 2. The number of phenolic OH excluding ortho intramolecular Hbond substituents is 1. The quantitative estimate of drug-likeness (QED) is 0.714. The van der Waals surface area contributed by atoms with Gasteiger partial charge in [-0.25, -0.2) is 0 Å². The first-order valence-corrected chi connectivity index (χ1v) is 8.11. The van der Waals surface area contributed by atoms with Crippen molar-refractivity contribution in [3.8, 4) is 17.2 Å². The summed E-state index contributed by atoms with van der Waals surface area (Å²) in [4.78, 5) is 0. The van der Waals surface area contributed by atoms with Crippen molar-refractivity contribution in [2.45, 2.75) is 39.0 Å². The molecule has 0 aliphatic heterocycles. The van der Waals surface area contributed by atoms with Crippen molar-refractivity contribution in [1.29, 1.82) is 0 Å². The van der Waals surface area contributed by atoms with Crippen molar-refractivity contribution in [3.05, 3.63) is 53.6 Å². The van der Waals surface area contributed by atoms with E-state index in [1.165, 1.54) is 7.11 Å². The maximum atomic E-state index is 12.5. The molecule has 0 heterocycles. The van der Waals surface area contributed by atoms with Gasteiger partial charge in [0.2, 0.25) is 0 Å². The largest absolute Gasteiger partial charge is 0.508 e. The first-order valence-electron chi connectivity index (χ1n) is 8.11. The smallest absolute Gasteiger partial charge is 0.387 e. The molecule has 1 atom stereocenters. The normalized spacial score (nSPS) is 12.2. The van der Waals surface area contributed by atoms with E-state index < -0.39 is 6.61 Å². The molecule has 0 aromatic heterocycles. The number of nitrogens with one attached hydrogen (secondary N) is 1. The number of phenols is 1. The average molecular weight is 351 g/mol. The van der Waals surface area contributed by atoms with E-state index in [4.69, 9.17) is 4.74 Å². The molecule has 0 fully saturated rings. The molecule has 0 aliphatic rings. The lowest BCUT2D eigenvalue weighted by molar-refractivity contribution is -0.0512. The van der Waals surface area contributed by atoms with Gasteiger partial charge in [0.25, 0.3) is 0 Å². The Labute approximate surface area is 146 Å². The maximum Gasteiger partial charge on any atom is 0.387 e. The minimum atomic E-state index is -2.89. The highest BCUT2D eigenvalue weighted by Gasteiger charge is 2.11. The third-order valence-electron chi connectivity index (χ3n) is 3.90. The average Bonchev–Trinajstić information content (AvgIpc) is 2.59. The molecule has 0 saturated heterocycles. The van der Waals surface area contributed by atoms with E-state index in [0.29, 0.717) is 6.54 Å². The van der Waals surface area contributed by atoms with E-state index in [2.05, 4.69) is 17.0 Å². The van der Waals surface area contributed by atoms with Gasteiger partial charge in [-0.1, -0.05) is 18.2 Å². The molecule has 2 rings (SSSR count). The number of aryl methyl sites for hydroxylation is 1. The third kappa shape index (κ3) is 6.23. The van der Waals surface area contributed by atoms with Crippen LogP contribution in [0.5, 0.6) is 17.2 Å². The molecule has 2 aromatic carbocycles. The third-order valence-corrected chi connectivity index (χ3v) is 3.90. The summed E-state index contributed by atoms with van der Waals surface area (Å²) in [6, 6.07) is 12.4. The van der Waals surface area contributed by atoms with Crippen LogP contribution in [0.1, 0.15) is 24.5 Å². The molecule has 136 valence electrons. The summed E-state index contributed by atoms with van der Waals surface area (Å²) in [5.41, 5.74) is 2.00.